The van der Waals surface area contributed by atoms with Gasteiger partial charge in [0.2, 0.25) is 0 Å². The molecule has 0 bridgehead atoms. The molecule has 1 amide bonds. The number of rotatable bonds is 3. The Morgan fingerprint density at radius 3 is 2.88 bits per heavy atom. The SMILES string of the molecule is CC(N)c1ncc(C(=O)Nc2ccccn2)s1. The first-order valence-electron chi connectivity index (χ1n) is 5.10. The first-order chi connectivity index (χ1) is 8.16. The van der Waals surface area contributed by atoms with Crippen LogP contribution in [0.1, 0.15) is 27.6 Å². The molecule has 2 aromatic heterocycles. The zero-order chi connectivity index (χ0) is 12.3. The Bertz CT molecular complexity index is 509. The van der Waals surface area contributed by atoms with Crippen LogP contribution in [0.2, 0.25) is 0 Å². The Labute approximate surface area is 103 Å². The van der Waals surface area contributed by atoms with Gasteiger partial charge in [0, 0.05) is 6.20 Å². The fraction of sp³-hybridized carbons (Fsp3) is 0.182. The van der Waals surface area contributed by atoms with Crippen molar-refractivity contribution in [3.63, 3.8) is 0 Å². The summed E-state index contributed by atoms with van der Waals surface area (Å²) in [5.41, 5.74) is 5.68. The highest BCUT2D eigenvalue weighted by atomic mass is 32.1. The molecular weight excluding hydrogens is 236 g/mol. The molecule has 2 rings (SSSR count). The van der Waals surface area contributed by atoms with E-state index in [-0.39, 0.29) is 11.9 Å². The Hall–Kier alpha value is -1.79. The van der Waals surface area contributed by atoms with Crippen LogP contribution in [-0.4, -0.2) is 15.9 Å². The van der Waals surface area contributed by atoms with Gasteiger partial charge >= 0.3 is 0 Å². The fourth-order valence-electron chi connectivity index (χ4n) is 1.22. The van der Waals surface area contributed by atoms with E-state index < -0.39 is 0 Å². The van der Waals surface area contributed by atoms with Crippen LogP contribution in [0.15, 0.2) is 30.6 Å². The van der Waals surface area contributed by atoms with Crippen LogP contribution in [0, 0.1) is 0 Å². The minimum Gasteiger partial charge on any atom is -0.322 e. The summed E-state index contributed by atoms with van der Waals surface area (Å²) in [7, 11) is 0. The number of hydrogen-bond acceptors (Lipinski definition) is 5. The summed E-state index contributed by atoms with van der Waals surface area (Å²) in [4.78, 5) is 20.5. The summed E-state index contributed by atoms with van der Waals surface area (Å²) in [5, 5.41) is 3.44. The quantitative estimate of drug-likeness (QED) is 0.868. The van der Waals surface area contributed by atoms with E-state index >= 15 is 0 Å². The van der Waals surface area contributed by atoms with Crippen molar-refractivity contribution >= 4 is 23.1 Å². The molecule has 0 saturated carbocycles. The molecule has 0 aliphatic heterocycles. The van der Waals surface area contributed by atoms with E-state index in [1.54, 1.807) is 18.3 Å². The molecule has 6 heteroatoms. The molecule has 0 aromatic carbocycles. The third kappa shape index (κ3) is 2.86. The Balaban J connectivity index is 2.10. The normalized spacial score (nSPS) is 12.1. The van der Waals surface area contributed by atoms with Crippen molar-refractivity contribution in [3.8, 4) is 0 Å². The molecule has 2 heterocycles. The van der Waals surface area contributed by atoms with Gasteiger partial charge in [-0.2, -0.15) is 0 Å². The number of nitrogens with zero attached hydrogens (tertiary/aromatic N) is 2. The fourth-order valence-corrected chi connectivity index (χ4v) is 1.98. The number of pyridine rings is 1. The number of aromatic nitrogens is 2. The number of thiazole rings is 1. The van der Waals surface area contributed by atoms with Gasteiger partial charge in [0.1, 0.15) is 15.7 Å². The van der Waals surface area contributed by atoms with E-state index in [4.69, 9.17) is 5.73 Å². The lowest BCUT2D eigenvalue weighted by Gasteiger charge is -2.01. The topological polar surface area (TPSA) is 80.9 Å². The third-order valence-electron chi connectivity index (χ3n) is 2.04. The van der Waals surface area contributed by atoms with Crippen LogP contribution in [0.25, 0.3) is 0 Å². The van der Waals surface area contributed by atoms with Crippen molar-refractivity contribution in [1.82, 2.24) is 9.97 Å². The monoisotopic (exact) mass is 248 g/mol. The largest absolute Gasteiger partial charge is 0.322 e. The summed E-state index contributed by atoms with van der Waals surface area (Å²) in [6.45, 7) is 1.83. The molecule has 0 radical (unpaired) electrons. The maximum atomic E-state index is 11.8. The second-order valence-corrected chi connectivity index (χ2v) is 4.58. The third-order valence-corrected chi connectivity index (χ3v) is 3.24. The number of amides is 1. The predicted molar refractivity (Wildman–Crippen MR) is 66.9 cm³/mol. The highest BCUT2D eigenvalue weighted by Crippen LogP contribution is 2.18. The first kappa shape index (κ1) is 11.7. The van der Waals surface area contributed by atoms with Gasteiger partial charge in [-0.3, -0.25) is 4.79 Å². The number of carbonyl (C=O) groups is 1. The Kier molecular flexibility index (Phi) is 3.46. The van der Waals surface area contributed by atoms with Gasteiger partial charge in [0.15, 0.2) is 0 Å². The van der Waals surface area contributed by atoms with Crippen molar-refractivity contribution in [2.24, 2.45) is 5.73 Å². The van der Waals surface area contributed by atoms with E-state index in [0.717, 1.165) is 5.01 Å². The minimum absolute atomic E-state index is 0.156. The summed E-state index contributed by atoms with van der Waals surface area (Å²) in [5.74, 6) is 0.307. The average Bonchev–Trinajstić information content (AvgIpc) is 2.79. The molecule has 1 unspecified atom stereocenters. The molecule has 0 spiro atoms. The lowest BCUT2D eigenvalue weighted by Crippen LogP contribution is -2.11. The molecule has 0 aliphatic rings. The molecule has 1 atom stereocenters. The molecule has 88 valence electrons. The summed E-state index contributed by atoms with van der Waals surface area (Å²) < 4.78 is 0. The van der Waals surface area contributed by atoms with Gasteiger partial charge in [0.05, 0.1) is 12.2 Å². The molecule has 0 saturated heterocycles. The van der Waals surface area contributed by atoms with Gasteiger partial charge in [-0.25, -0.2) is 9.97 Å². The standard InChI is InChI=1S/C11H12N4OS/c1-7(12)11-14-6-8(17-11)10(16)15-9-4-2-3-5-13-9/h2-7H,12H2,1H3,(H,13,15,16). The molecular formula is C11H12N4OS. The average molecular weight is 248 g/mol. The van der Waals surface area contributed by atoms with Crippen molar-refractivity contribution < 1.29 is 4.79 Å². The first-order valence-corrected chi connectivity index (χ1v) is 5.92. The molecule has 2 aromatic rings. The number of hydrogen-bond donors (Lipinski definition) is 2. The Morgan fingerprint density at radius 2 is 2.29 bits per heavy atom. The minimum atomic E-state index is -0.215. The highest BCUT2D eigenvalue weighted by molar-refractivity contribution is 7.13. The zero-order valence-electron chi connectivity index (χ0n) is 9.25. The smallest absolute Gasteiger partial charge is 0.268 e. The highest BCUT2D eigenvalue weighted by Gasteiger charge is 2.12. The van der Waals surface area contributed by atoms with Crippen LogP contribution in [0.4, 0.5) is 5.82 Å². The van der Waals surface area contributed by atoms with Gasteiger partial charge in [-0.15, -0.1) is 11.3 Å². The number of nitrogens with two attached hydrogens (primary N) is 1. The van der Waals surface area contributed by atoms with E-state index in [0.29, 0.717) is 10.7 Å². The molecule has 0 aliphatic carbocycles. The van der Waals surface area contributed by atoms with Crippen LogP contribution in [-0.2, 0) is 0 Å². The summed E-state index contributed by atoms with van der Waals surface area (Å²) in [6.07, 6.45) is 3.15. The molecule has 5 nitrogen and oxygen atoms in total. The van der Waals surface area contributed by atoms with Crippen LogP contribution < -0.4 is 11.1 Å². The van der Waals surface area contributed by atoms with Crippen LogP contribution in [0.5, 0.6) is 0 Å². The van der Waals surface area contributed by atoms with Crippen molar-refractivity contribution in [2.45, 2.75) is 13.0 Å². The number of nitrogens with one attached hydrogen (secondary N) is 1. The second kappa shape index (κ2) is 5.03. The predicted octanol–water partition coefficient (Wildman–Crippen LogP) is 1.81. The Morgan fingerprint density at radius 1 is 1.47 bits per heavy atom. The van der Waals surface area contributed by atoms with Crippen LogP contribution >= 0.6 is 11.3 Å². The lowest BCUT2D eigenvalue weighted by atomic mass is 10.4. The number of carbonyl (C=O) groups excluding carboxylic acids is 1. The van der Waals surface area contributed by atoms with Crippen molar-refractivity contribution in [1.29, 1.82) is 0 Å². The maximum Gasteiger partial charge on any atom is 0.268 e. The zero-order valence-corrected chi connectivity index (χ0v) is 10.1. The van der Waals surface area contributed by atoms with Crippen molar-refractivity contribution in [3.05, 3.63) is 40.5 Å². The van der Waals surface area contributed by atoms with E-state index in [2.05, 4.69) is 15.3 Å². The van der Waals surface area contributed by atoms with Gasteiger partial charge in [-0.05, 0) is 19.1 Å². The van der Waals surface area contributed by atoms with Gasteiger partial charge in [-0.1, -0.05) is 6.07 Å². The summed E-state index contributed by atoms with van der Waals surface area (Å²) >= 11 is 1.29. The molecule has 17 heavy (non-hydrogen) atoms. The summed E-state index contributed by atoms with van der Waals surface area (Å²) in [6, 6.07) is 5.17. The maximum absolute atomic E-state index is 11.8. The lowest BCUT2D eigenvalue weighted by molar-refractivity contribution is 0.103. The second-order valence-electron chi connectivity index (χ2n) is 3.52. The molecule has 3 N–H and O–H groups in total. The molecule has 0 fully saturated rings. The van der Waals surface area contributed by atoms with E-state index in [1.165, 1.54) is 17.5 Å². The van der Waals surface area contributed by atoms with E-state index in [9.17, 15) is 4.79 Å². The van der Waals surface area contributed by atoms with Crippen LogP contribution in [0.3, 0.4) is 0 Å². The van der Waals surface area contributed by atoms with E-state index in [1.807, 2.05) is 13.0 Å². The van der Waals surface area contributed by atoms with Gasteiger partial charge < -0.3 is 11.1 Å². The van der Waals surface area contributed by atoms with Gasteiger partial charge in [0.25, 0.3) is 5.91 Å². The number of anilines is 1. The van der Waals surface area contributed by atoms with Crippen molar-refractivity contribution in [2.75, 3.05) is 5.32 Å².